The lowest BCUT2D eigenvalue weighted by molar-refractivity contribution is 0.229. The minimum Gasteiger partial charge on any atom is -0.397 e. The van der Waals surface area contributed by atoms with Crippen molar-refractivity contribution >= 4 is 11.4 Å². The maximum Gasteiger partial charge on any atom is 0.0576 e. The van der Waals surface area contributed by atoms with Crippen molar-refractivity contribution < 1.29 is 0 Å². The van der Waals surface area contributed by atoms with Gasteiger partial charge in [0.15, 0.2) is 0 Å². The number of hydrogen-bond donors (Lipinski definition) is 2. The van der Waals surface area contributed by atoms with Crippen molar-refractivity contribution in [2.24, 2.45) is 5.41 Å². The van der Waals surface area contributed by atoms with Crippen LogP contribution < -0.4 is 11.1 Å². The molecule has 1 saturated carbocycles. The number of hydrogen-bond acceptors (Lipinski definition) is 2. The molecule has 2 nitrogen and oxygen atoms in total. The fourth-order valence-corrected chi connectivity index (χ4v) is 2.85. The first kappa shape index (κ1) is 12.3. The Labute approximate surface area is 105 Å². The summed E-state index contributed by atoms with van der Waals surface area (Å²) in [6.07, 6.45) is 5.15. The molecule has 0 aliphatic heterocycles. The summed E-state index contributed by atoms with van der Waals surface area (Å²) in [4.78, 5) is 0. The van der Waals surface area contributed by atoms with Gasteiger partial charge < -0.3 is 11.1 Å². The summed E-state index contributed by atoms with van der Waals surface area (Å²) in [5, 5.41) is 3.61. The molecule has 1 aliphatic carbocycles. The zero-order valence-electron chi connectivity index (χ0n) is 11.2. The van der Waals surface area contributed by atoms with Gasteiger partial charge in [-0.15, -0.1) is 0 Å². The molecule has 1 aromatic carbocycles. The fourth-order valence-electron chi connectivity index (χ4n) is 2.85. The average Bonchev–Trinajstić information content (AvgIpc) is 2.21. The molecule has 94 valence electrons. The monoisotopic (exact) mass is 232 g/mol. The van der Waals surface area contributed by atoms with Gasteiger partial charge in [0.1, 0.15) is 0 Å². The van der Waals surface area contributed by atoms with Gasteiger partial charge in [-0.3, -0.25) is 0 Å². The van der Waals surface area contributed by atoms with E-state index in [1.165, 1.54) is 31.2 Å². The van der Waals surface area contributed by atoms with Crippen LogP contribution in [0.3, 0.4) is 0 Å². The van der Waals surface area contributed by atoms with Crippen LogP contribution >= 0.6 is 0 Å². The molecule has 1 aliphatic rings. The van der Waals surface area contributed by atoms with E-state index >= 15 is 0 Å². The van der Waals surface area contributed by atoms with Gasteiger partial charge in [0.05, 0.1) is 11.4 Å². The van der Waals surface area contributed by atoms with Crippen LogP contribution in [0.2, 0.25) is 0 Å². The normalized spacial score (nSPS) is 23.4. The summed E-state index contributed by atoms with van der Waals surface area (Å²) < 4.78 is 0. The van der Waals surface area contributed by atoms with Gasteiger partial charge in [0.25, 0.3) is 0 Å². The lowest BCUT2D eigenvalue weighted by Crippen LogP contribution is -2.31. The highest BCUT2D eigenvalue weighted by Gasteiger charge is 2.27. The molecule has 0 saturated heterocycles. The third-order valence-electron chi connectivity index (χ3n) is 3.77. The molecule has 1 atom stereocenters. The predicted molar refractivity (Wildman–Crippen MR) is 75.3 cm³/mol. The van der Waals surface area contributed by atoms with E-state index in [2.05, 4.69) is 38.2 Å². The number of benzene rings is 1. The maximum absolute atomic E-state index is 6.04. The summed E-state index contributed by atoms with van der Waals surface area (Å²) in [5.74, 6) is 0. The van der Waals surface area contributed by atoms with Gasteiger partial charge in [-0.2, -0.15) is 0 Å². The highest BCUT2D eigenvalue weighted by molar-refractivity contribution is 5.67. The van der Waals surface area contributed by atoms with Gasteiger partial charge in [-0.25, -0.2) is 0 Å². The molecule has 17 heavy (non-hydrogen) atoms. The van der Waals surface area contributed by atoms with E-state index in [1.54, 1.807) is 0 Å². The topological polar surface area (TPSA) is 38.0 Å². The summed E-state index contributed by atoms with van der Waals surface area (Å²) in [6.45, 7) is 6.79. The van der Waals surface area contributed by atoms with Crippen molar-refractivity contribution in [2.75, 3.05) is 11.1 Å². The molecule has 1 aromatic rings. The molecule has 0 bridgehead atoms. The van der Waals surface area contributed by atoms with Crippen molar-refractivity contribution in [1.29, 1.82) is 0 Å². The van der Waals surface area contributed by atoms with Crippen LogP contribution in [0.1, 0.15) is 45.1 Å². The first-order valence-corrected chi connectivity index (χ1v) is 6.59. The molecule has 0 aromatic heterocycles. The van der Waals surface area contributed by atoms with Crippen molar-refractivity contribution in [3.05, 3.63) is 23.8 Å². The minimum atomic E-state index is 0.468. The Morgan fingerprint density at radius 2 is 2.12 bits per heavy atom. The van der Waals surface area contributed by atoms with Crippen LogP contribution in [0, 0.1) is 12.3 Å². The van der Waals surface area contributed by atoms with E-state index < -0.39 is 0 Å². The van der Waals surface area contributed by atoms with Crippen LogP contribution in [-0.4, -0.2) is 6.04 Å². The smallest absolute Gasteiger partial charge is 0.0576 e. The Morgan fingerprint density at radius 3 is 2.76 bits per heavy atom. The third kappa shape index (κ3) is 3.15. The van der Waals surface area contributed by atoms with Gasteiger partial charge in [0, 0.05) is 6.04 Å². The first-order chi connectivity index (χ1) is 7.96. The molecule has 3 N–H and O–H groups in total. The SMILES string of the molecule is Cc1ccc(NC2CCCC(C)(C)C2)c(N)c1. The second-order valence-electron chi connectivity index (χ2n) is 6.19. The zero-order valence-corrected chi connectivity index (χ0v) is 11.2. The molecular formula is C15H24N2. The van der Waals surface area contributed by atoms with Crippen LogP contribution in [-0.2, 0) is 0 Å². The van der Waals surface area contributed by atoms with Crippen molar-refractivity contribution in [1.82, 2.24) is 0 Å². The lowest BCUT2D eigenvalue weighted by atomic mass is 9.75. The summed E-state index contributed by atoms with van der Waals surface area (Å²) in [7, 11) is 0. The molecule has 0 amide bonds. The van der Waals surface area contributed by atoms with E-state index in [-0.39, 0.29) is 0 Å². The molecule has 1 fully saturated rings. The standard InChI is InChI=1S/C15H24N2/c1-11-6-7-14(13(16)9-11)17-12-5-4-8-15(2,3)10-12/h6-7,9,12,17H,4-5,8,10,16H2,1-3H3. The van der Waals surface area contributed by atoms with E-state index in [1.807, 2.05) is 6.07 Å². The highest BCUT2D eigenvalue weighted by Crippen LogP contribution is 2.36. The fraction of sp³-hybridized carbons (Fsp3) is 0.600. The summed E-state index contributed by atoms with van der Waals surface area (Å²) in [5.41, 5.74) is 9.70. The van der Waals surface area contributed by atoms with Crippen molar-refractivity contribution in [2.45, 2.75) is 52.5 Å². The number of rotatable bonds is 2. The summed E-state index contributed by atoms with van der Waals surface area (Å²) in [6, 6.07) is 6.83. The second-order valence-corrected chi connectivity index (χ2v) is 6.19. The van der Waals surface area contributed by atoms with Gasteiger partial charge in [-0.1, -0.05) is 26.3 Å². The number of anilines is 2. The van der Waals surface area contributed by atoms with Crippen LogP contribution in [0.15, 0.2) is 18.2 Å². The molecule has 0 radical (unpaired) electrons. The third-order valence-corrected chi connectivity index (χ3v) is 3.77. The number of nitrogens with one attached hydrogen (secondary N) is 1. The quantitative estimate of drug-likeness (QED) is 0.757. The van der Waals surface area contributed by atoms with Gasteiger partial charge >= 0.3 is 0 Å². The van der Waals surface area contributed by atoms with Crippen molar-refractivity contribution in [3.63, 3.8) is 0 Å². The van der Waals surface area contributed by atoms with Gasteiger partial charge in [0.2, 0.25) is 0 Å². The number of nitrogen functional groups attached to an aromatic ring is 1. The van der Waals surface area contributed by atoms with Crippen molar-refractivity contribution in [3.8, 4) is 0 Å². The van der Waals surface area contributed by atoms with Gasteiger partial charge in [-0.05, 0) is 49.3 Å². The van der Waals surface area contributed by atoms with Crippen LogP contribution in [0.4, 0.5) is 11.4 Å². The van der Waals surface area contributed by atoms with Crippen LogP contribution in [0.5, 0.6) is 0 Å². The highest BCUT2D eigenvalue weighted by atomic mass is 14.9. The van der Waals surface area contributed by atoms with Crippen LogP contribution in [0.25, 0.3) is 0 Å². The molecule has 1 unspecified atom stereocenters. The average molecular weight is 232 g/mol. The van der Waals surface area contributed by atoms with E-state index in [0.29, 0.717) is 11.5 Å². The predicted octanol–water partition coefficient (Wildman–Crippen LogP) is 3.96. The Morgan fingerprint density at radius 1 is 1.35 bits per heavy atom. The number of nitrogens with two attached hydrogens (primary N) is 1. The maximum atomic E-state index is 6.04. The molecule has 0 spiro atoms. The first-order valence-electron chi connectivity index (χ1n) is 6.59. The molecular weight excluding hydrogens is 208 g/mol. The number of aryl methyl sites for hydroxylation is 1. The molecule has 2 heteroatoms. The second kappa shape index (κ2) is 4.59. The Kier molecular flexibility index (Phi) is 3.32. The molecule has 0 heterocycles. The van der Waals surface area contributed by atoms with E-state index in [9.17, 15) is 0 Å². The van der Waals surface area contributed by atoms with E-state index in [0.717, 1.165) is 11.4 Å². The zero-order chi connectivity index (χ0) is 12.5. The van der Waals surface area contributed by atoms with E-state index in [4.69, 9.17) is 5.73 Å². The molecule has 2 rings (SSSR count). The Bertz CT molecular complexity index is 396. The Hall–Kier alpha value is -1.18. The lowest BCUT2D eigenvalue weighted by Gasteiger charge is -2.36. The minimum absolute atomic E-state index is 0.468. The Balaban J connectivity index is 2.05. The largest absolute Gasteiger partial charge is 0.397 e. The summed E-state index contributed by atoms with van der Waals surface area (Å²) >= 11 is 0.